The van der Waals surface area contributed by atoms with Crippen LogP contribution in [0.1, 0.15) is 25.3 Å². The standard InChI is InChI=1S/C12H19BN2/c1-10-2-4-15(5-3-10)9-11-6-12(13)8-14-7-11/h6-8,10H,2-5,9,13H2,1H3. The van der Waals surface area contributed by atoms with Crippen LogP contribution in [0.2, 0.25) is 0 Å². The van der Waals surface area contributed by atoms with E-state index in [9.17, 15) is 0 Å². The Bertz CT molecular complexity index is 319. The van der Waals surface area contributed by atoms with E-state index in [2.05, 4.69) is 30.7 Å². The fourth-order valence-electron chi connectivity index (χ4n) is 2.18. The van der Waals surface area contributed by atoms with Crippen LogP contribution in [0.15, 0.2) is 18.5 Å². The van der Waals surface area contributed by atoms with Gasteiger partial charge in [-0.05, 0) is 37.4 Å². The SMILES string of the molecule is Bc1cncc(CN2CCC(C)CC2)c1. The largest absolute Gasteiger partial charge is 0.299 e. The summed E-state index contributed by atoms with van der Waals surface area (Å²) in [6.45, 7) is 5.91. The van der Waals surface area contributed by atoms with Crippen molar-refractivity contribution in [1.82, 2.24) is 9.88 Å². The van der Waals surface area contributed by atoms with Gasteiger partial charge in [0.05, 0.1) is 0 Å². The maximum absolute atomic E-state index is 4.24. The summed E-state index contributed by atoms with van der Waals surface area (Å²) in [7, 11) is 2.11. The molecule has 1 aromatic rings. The second-order valence-corrected chi connectivity index (χ2v) is 4.83. The molecule has 3 heteroatoms. The molecule has 2 heterocycles. The van der Waals surface area contributed by atoms with Crippen molar-refractivity contribution in [3.63, 3.8) is 0 Å². The van der Waals surface area contributed by atoms with E-state index in [1.165, 1.54) is 37.0 Å². The molecule has 1 aliphatic heterocycles. The number of pyridine rings is 1. The normalized spacial score (nSPS) is 19.3. The Morgan fingerprint density at radius 2 is 2.13 bits per heavy atom. The molecule has 0 amide bonds. The molecular formula is C12H19BN2. The van der Waals surface area contributed by atoms with E-state index in [1.54, 1.807) is 0 Å². The van der Waals surface area contributed by atoms with Gasteiger partial charge in [0.1, 0.15) is 7.85 Å². The molecule has 0 bridgehead atoms. The Morgan fingerprint density at radius 3 is 2.80 bits per heavy atom. The van der Waals surface area contributed by atoms with Gasteiger partial charge in [0.2, 0.25) is 0 Å². The fourth-order valence-corrected chi connectivity index (χ4v) is 2.18. The Morgan fingerprint density at radius 1 is 1.40 bits per heavy atom. The minimum absolute atomic E-state index is 0.914. The molecule has 0 aliphatic carbocycles. The lowest BCUT2D eigenvalue weighted by Gasteiger charge is -2.30. The first-order chi connectivity index (χ1) is 7.24. The van der Waals surface area contributed by atoms with Crippen LogP contribution in [-0.4, -0.2) is 30.8 Å². The zero-order valence-electron chi connectivity index (χ0n) is 9.74. The van der Waals surface area contributed by atoms with Gasteiger partial charge in [0.25, 0.3) is 0 Å². The number of hydrogen-bond donors (Lipinski definition) is 0. The smallest absolute Gasteiger partial charge is 0.141 e. The lowest BCUT2D eigenvalue weighted by Crippen LogP contribution is -2.32. The highest BCUT2D eigenvalue weighted by Gasteiger charge is 2.15. The Labute approximate surface area is 93.1 Å². The Kier molecular flexibility index (Phi) is 3.42. The van der Waals surface area contributed by atoms with Crippen molar-refractivity contribution in [2.45, 2.75) is 26.3 Å². The first kappa shape index (κ1) is 10.7. The molecule has 1 aromatic heterocycles. The maximum Gasteiger partial charge on any atom is 0.141 e. The monoisotopic (exact) mass is 202 g/mol. The molecule has 0 saturated carbocycles. The van der Waals surface area contributed by atoms with Gasteiger partial charge in [-0.15, -0.1) is 0 Å². The van der Waals surface area contributed by atoms with E-state index >= 15 is 0 Å². The predicted octanol–water partition coefficient (Wildman–Crippen LogP) is 0.572. The van der Waals surface area contributed by atoms with Crippen molar-refractivity contribution in [2.24, 2.45) is 5.92 Å². The third kappa shape index (κ3) is 3.06. The molecular weight excluding hydrogens is 183 g/mol. The molecule has 0 spiro atoms. The Hall–Kier alpha value is -0.825. The molecule has 2 rings (SSSR count). The first-order valence-electron chi connectivity index (χ1n) is 5.87. The van der Waals surface area contributed by atoms with Crippen LogP contribution in [-0.2, 0) is 6.54 Å². The second kappa shape index (κ2) is 4.80. The van der Waals surface area contributed by atoms with Gasteiger partial charge in [0, 0.05) is 18.9 Å². The Balaban J connectivity index is 1.92. The number of piperidine rings is 1. The molecule has 15 heavy (non-hydrogen) atoms. The highest BCUT2D eigenvalue weighted by Crippen LogP contribution is 2.17. The van der Waals surface area contributed by atoms with Crippen LogP contribution in [0.5, 0.6) is 0 Å². The average Bonchev–Trinajstić information content (AvgIpc) is 2.22. The van der Waals surface area contributed by atoms with Crippen molar-refractivity contribution < 1.29 is 0 Å². The average molecular weight is 202 g/mol. The fraction of sp³-hybridized carbons (Fsp3) is 0.583. The molecule has 1 fully saturated rings. The van der Waals surface area contributed by atoms with Crippen molar-refractivity contribution >= 4 is 13.3 Å². The lowest BCUT2D eigenvalue weighted by atomic mass is 9.96. The highest BCUT2D eigenvalue weighted by atomic mass is 15.1. The van der Waals surface area contributed by atoms with Gasteiger partial charge < -0.3 is 0 Å². The third-order valence-electron chi connectivity index (χ3n) is 3.21. The molecule has 2 nitrogen and oxygen atoms in total. The summed E-state index contributed by atoms with van der Waals surface area (Å²) in [5, 5.41) is 0. The molecule has 0 radical (unpaired) electrons. The van der Waals surface area contributed by atoms with Crippen LogP contribution < -0.4 is 5.46 Å². The summed E-state index contributed by atoms with van der Waals surface area (Å²) in [6, 6.07) is 2.24. The third-order valence-corrected chi connectivity index (χ3v) is 3.21. The van der Waals surface area contributed by atoms with Gasteiger partial charge in [-0.2, -0.15) is 0 Å². The van der Waals surface area contributed by atoms with Gasteiger partial charge in [-0.1, -0.05) is 18.5 Å². The first-order valence-corrected chi connectivity index (χ1v) is 5.87. The molecule has 0 aromatic carbocycles. The summed E-state index contributed by atoms with van der Waals surface area (Å²) in [4.78, 5) is 6.78. The van der Waals surface area contributed by atoms with E-state index in [0.29, 0.717) is 0 Å². The van der Waals surface area contributed by atoms with Crippen LogP contribution in [0.3, 0.4) is 0 Å². The molecule has 80 valence electrons. The van der Waals surface area contributed by atoms with Crippen molar-refractivity contribution in [3.05, 3.63) is 24.0 Å². The van der Waals surface area contributed by atoms with Crippen LogP contribution in [0.4, 0.5) is 0 Å². The zero-order valence-corrected chi connectivity index (χ0v) is 9.74. The van der Waals surface area contributed by atoms with Gasteiger partial charge in [-0.3, -0.25) is 9.88 Å². The quantitative estimate of drug-likeness (QED) is 0.652. The van der Waals surface area contributed by atoms with E-state index in [1.807, 2.05) is 12.4 Å². The van der Waals surface area contributed by atoms with Gasteiger partial charge in [0.15, 0.2) is 0 Å². The van der Waals surface area contributed by atoms with E-state index in [4.69, 9.17) is 0 Å². The van der Waals surface area contributed by atoms with Crippen molar-refractivity contribution in [2.75, 3.05) is 13.1 Å². The summed E-state index contributed by atoms with van der Waals surface area (Å²) < 4.78 is 0. The molecule has 0 atom stereocenters. The summed E-state index contributed by atoms with van der Waals surface area (Å²) in [5.41, 5.74) is 2.61. The minimum atomic E-state index is 0.914. The van der Waals surface area contributed by atoms with E-state index in [0.717, 1.165) is 12.5 Å². The van der Waals surface area contributed by atoms with Crippen LogP contribution in [0, 0.1) is 5.92 Å². The minimum Gasteiger partial charge on any atom is -0.299 e. The molecule has 0 N–H and O–H groups in total. The van der Waals surface area contributed by atoms with E-state index in [-0.39, 0.29) is 0 Å². The van der Waals surface area contributed by atoms with E-state index < -0.39 is 0 Å². The highest BCUT2D eigenvalue weighted by molar-refractivity contribution is 6.32. The second-order valence-electron chi connectivity index (χ2n) is 4.83. The molecule has 0 unspecified atom stereocenters. The van der Waals surface area contributed by atoms with Gasteiger partial charge >= 0.3 is 0 Å². The number of hydrogen-bond acceptors (Lipinski definition) is 2. The molecule has 1 saturated heterocycles. The number of aromatic nitrogens is 1. The van der Waals surface area contributed by atoms with Gasteiger partial charge in [-0.25, -0.2) is 0 Å². The number of likely N-dealkylation sites (tertiary alicyclic amines) is 1. The summed E-state index contributed by atoms with van der Waals surface area (Å²) in [6.07, 6.45) is 6.60. The number of rotatable bonds is 2. The lowest BCUT2D eigenvalue weighted by molar-refractivity contribution is 0.185. The van der Waals surface area contributed by atoms with Crippen LogP contribution >= 0.6 is 0 Å². The zero-order chi connectivity index (χ0) is 10.7. The predicted molar refractivity (Wildman–Crippen MR) is 66.1 cm³/mol. The maximum atomic E-state index is 4.24. The summed E-state index contributed by atoms with van der Waals surface area (Å²) in [5.74, 6) is 0.914. The summed E-state index contributed by atoms with van der Waals surface area (Å²) >= 11 is 0. The van der Waals surface area contributed by atoms with Crippen molar-refractivity contribution in [1.29, 1.82) is 0 Å². The topological polar surface area (TPSA) is 16.1 Å². The van der Waals surface area contributed by atoms with Crippen LogP contribution in [0.25, 0.3) is 0 Å². The molecule has 1 aliphatic rings. The van der Waals surface area contributed by atoms with Crippen molar-refractivity contribution in [3.8, 4) is 0 Å². The number of nitrogens with zero attached hydrogens (tertiary/aromatic N) is 2.